The van der Waals surface area contributed by atoms with Crippen LogP contribution < -0.4 is 10.2 Å². The van der Waals surface area contributed by atoms with E-state index in [0.29, 0.717) is 0 Å². The van der Waals surface area contributed by atoms with Gasteiger partial charge in [0.1, 0.15) is 7.85 Å². The molecule has 0 unspecified atom stereocenters. The molecule has 0 bridgehead atoms. The van der Waals surface area contributed by atoms with Gasteiger partial charge in [0.05, 0.1) is 0 Å². The highest BCUT2D eigenvalue weighted by Gasteiger charge is 2.02. The predicted molar refractivity (Wildman–Crippen MR) is 89.3 cm³/mol. The third-order valence-corrected chi connectivity index (χ3v) is 3.20. The van der Waals surface area contributed by atoms with Gasteiger partial charge >= 0.3 is 0 Å². The molecular weight excluding hydrogens is 231 g/mol. The van der Waals surface area contributed by atoms with Crippen molar-refractivity contribution in [1.82, 2.24) is 5.32 Å². The average molecular weight is 256 g/mol. The van der Waals surface area contributed by atoms with Gasteiger partial charge < -0.3 is 10.2 Å². The summed E-state index contributed by atoms with van der Waals surface area (Å²) in [6.45, 7) is 7.40. The van der Waals surface area contributed by atoms with Crippen molar-refractivity contribution in [2.75, 3.05) is 25.5 Å². The Morgan fingerprint density at radius 1 is 1.32 bits per heavy atom. The predicted octanol–water partition coefficient (Wildman–Crippen LogP) is 2.63. The van der Waals surface area contributed by atoms with E-state index < -0.39 is 0 Å². The summed E-state index contributed by atoms with van der Waals surface area (Å²) >= 11 is 0. The van der Waals surface area contributed by atoms with Crippen molar-refractivity contribution in [1.29, 1.82) is 0 Å². The lowest BCUT2D eigenvalue weighted by molar-refractivity contribution is 0.735. The Morgan fingerprint density at radius 2 is 1.95 bits per heavy atom. The van der Waals surface area contributed by atoms with Crippen molar-refractivity contribution in [3.8, 4) is 0 Å². The summed E-state index contributed by atoms with van der Waals surface area (Å²) in [6, 6.07) is 8.50. The van der Waals surface area contributed by atoms with E-state index in [-0.39, 0.29) is 0 Å². The van der Waals surface area contributed by atoms with Crippen LogP contribution in [0.25, 0.3) is 5.57 Å². The van der Waals surface area contributed by atoms with E-state index in [1.165, 1.54) is 29.6 Å². The van der Waals surface area contributed by atoms with E-state index in [4.69, 9.17) is 0 Å². The second-order valence-electron chi connectivity index (χ2n) is 5.05. The van der Waals surface area contributed by atoms with Crippen molar-refractivity contribution >= 4 is 19.1 Å². The standard InChI is InChI=1S/C16H25BN2/c1-5-6-11-18-12-16(17)13(2)14-7-9-15(10-8-14)19(3)4/h7-10,12,18H,2,5-6,11,17H2,1,3-4H3/b16-12+. The minimum Gasteiger partial charge on any atom is -0.391 e. The molecule has 0 saturated carbocycles. The van der Waals surface area contributed by atoms with Crippen LogP contribution in [0.15, 0.2) is 42.5 Å². The average Bonchev–Trinajstić information content (AvgIpc) is 2.42. The molecule has 1 N–H and O–H groups in total. The van der Waals surface area contributed by atoms with Gasteiger partial charge in [-0.15, -0.1) is 0 Å². The van der Waals surface area contributed by atoms with E-state index in [1.54, 1.807) is 0 Å². The number of nitrogens with zero attached hydrogens (tertiary/aromatic N) is 1. The lowest BCUT2D eigenvalue weighted by atomic mass is 9.86. The number of benzene rings is 1. The molecule has 102 valence electrons. The molecule has 0 atom stereocenters. The largest absolute Gasteiger partial charge is 0.391 e. The zero-order valence-electron chi connectivity index (χ0n) is 12.7. The molecular formula is C16H25BN2. The van der Waals surface area contributed by atoms with Gasteiger partial charge in [-0.2, -0.15) is 0 Å². The molecule has 0 radical (unpaired) electrons. The second-order valence-corrected chi connectivity index (χ2v) is 5.05. The van der Waals surface area contributed by atoms with E-state index in [0.717, 1.165) is 12.1 Å². The summed E-state index contributed by atoms with van der Waals surface area (Å²) in [4.78, 5) is 2.10. The molecule has 0 amide bonds. The molecule has 0 aliphatic carbocycles. The number of unbranched alkanes of at least 4 members (excludes halogenated alkanes) is 1. The Morgan fingerprint density at radius 3 is 2.47 bits per heavy atom. The zero-order valence-corrected chi connectivity index (χ0v) is 12.7. The molecule has 0 heterocycles. The molecule has 19 heavy (non-hydrogen) atoms. The number of hydrogen-bond acceptors (Lipinski definition) is 2. The Labute approximate surface area is 118 Å². The molecule has 0 spiro atoms. The van der Waals surface area contributed by atoms with Gasteiger partial charge in [-0.3, -0.25) is 0 Å². The van der Waals surface area contributed by atoms with Crippen LogP contribution in [0.5, 0.6) is 0 Å². The monoisotopic (exact) mass is 256 g/mol. The first kappa shape index (κ1) is 15.4. The van der Waals surface area contributed by atoms with Gasteiger partial charge in [0.25, 0.3) is 0 Å². The third-order valence-electron chi connectivity index (χ3n) is 3.20. The van der Waals surface area contributed by atoms with Crippen LogP contribution in [0.2, 0.25) is 0 Å². The smallest absolute Gasteiger partial charge is 0.141 e. The highest BCUT2D eigenvalue weighted by Crippen LogP contribution is 2.21. The van der Waals surface area contributed by atoms with Gasteiger partial charge in [0, 0.05) is 26.3 Å². The van der Waals surface area contributed by atoms with E-state index in [9.17, 15) is 0 Å². The lowest BCUT2D eigenvalue weighted by Gasteiger charge is -2.14. The third kappa shape index (κ3) is 4.86. The van der Waals surface area contributed by atoms with E-state index in [2.05, 4.69) is 62.0 Å². The van der Waals surface area contributed by atoms with Crippen molar-refractivity contribution in [3.63, 3.8) is 0 Å². The van der Waals surface area contributed by atoms with Gasteiger partial charge in [-0.25, -0.2) is 0 Å². The molecule has 1 aromatic carbocycles. The van der Waals surface area contributed by atoms with E-state index in [1.807, 2.05) is 14.1 Å². The Hall–Kier alpha value is -1.64. The van der Waals surface area contributed by atoms with Crippen LogP contribution in [0, 0.1) is 0 Å². The van der Waals surface area contributed by atoms with Crippen LogP contribution in [0.4, 0.5) is 5.69 Å². The van der Waals surface area contributed by atoms with Crippen molar-refractivity contribution in [2.24, 2.45) is 0 Å². The molecule has 0 aromatic heterocycles. The van der Waals surface area contributed by atoms with Gasteiger partial charge in [-0.1, -0.05) is 37.5 Å². The molecule has 0 saturated heterocycles. The van der Waals surface area contributed by atoms with Crippen LogP contribution >= 0.6 is 0 Å². The number of anilines is 1. The minimum absolute atomic E-state index is 1.03. The molecule has 1 rings (SSSR count). The zero-order chi connectivity index (χ0) is 14.3. The SMILES string of the molecule is B/C(=C/NCCCC)C(=C)c1ccc(N(C)C)cc1. The quantitative estimate of drug-likeness (QED) is 0.458. The van der Waals surface area contributed by atoms with Crippen LogP contribution in [-0.2, 0) is 0 Å². The maximum atomic E-state index is 4.18. The maximum absolute atomic E-state index is 4.18. The van der Waals surface area contributed by atoms with Crippen molar-refractivity contribution in [2.45, 2.75) is 19.8 Å². The fourth-order valence-corrected chi connectivity index (χ4v) is 1.78. The topological polar surface area (TPSA) is 15.3 Å². The number of allylic oxidation sites excluding steroid dienone is 2. The van der Waals surface area contributed by atoms with Crippen LogP contribution in [0.3, 0.4) is 0 Å². The lowest BCUT2D eigenvalue weighted by Crippen LogP contribution is -2.09. The summed E-state index contributed by atoms with van der Waals surface area (Å²) in [5.74, 6) is 0. The minimum atomic E-state index is 1.03. The van der Waals surface area contributed by atoms with Crippen molar-refractivity contribution in [3.05, 3.63) is 48.1 Å². The molecule has 2 nitrogen and oxygen atoms in total. The number of rotatable bonds is 7. The highest BCUT2D eigenvalue weighted by molar-refractivity contribution is 6.30. The first-order valence-electron chi connectivity index (χ1n) is 6.93. The fraction of sp³-hybridized carbons (Fsp3) is 0.375. The fourth-order valence-electron chi connectivity index (χ4n) is 1.78. The Kier molecular flexibility index (Phi) is 6.27. The molecule has 0 fully saturated rings. The normalized spacial score (nSPS) is 11.2. The first-order chi connectivity index (χ1) is 9.06. The van der Waals surface area contributed by atoms with Gasteiger partial charge in [0.15, 0.2) is 0 Å². The summed E-state index contributed by atoms with van der Waals surface area (Å²) in [6.07, 6.45) is 4.48. The first-order valence-corrected chi connectivity index (χ1v) is 6.93. The number of nitrogens with one attached hydrogen (secondary N) is 1. The van der Waals surface area contributed by atoms with Crippen LogP contribution in [0.1, 0.15) is 25.3 Å². The Bertz CT molecular complexity index is 433. The molecule has 3 heteroatoms. The van der Waals surface area contributed by atoms with Gasteiger partial charge in [0.2, 0.25) is 0 Å². The molecule has 1 aromatic rings. The number of hydrogen-bond donors (Lipinski definition) is 1. The highest BCUT2D eigenvalue weighted by atomic mass is 15.1. The molecule has 0 aliphatic heterocycles. The summed E-state index contributed by atoms with van der Waals surface area (Å²) in [7, 11) is 6.19. The Balaban J connectivity index is 2.66. The van der Waals surface area contributed by atoms with Crippen molar-refractivity contribution < 1.29 is 0 Å². The summed E-state index contributed by atoms with van der Waals surface area (Å²) in [5.41, 5.74) is 4.65. The maximum Gasteiger partial charge on any atom is 0.141 e. The summed E-state index contributed by atoms with van der Waals surface area (Å²) in [5, 5.41) is 3.34. The molecule has 0 aliphatic rings. The van der Waals surface area contributed by atoms with E-state index >= 15 is 0 Å². The summed E-state index contributed by atoms with van der Waals surface area (Å²) < 4.78 is 0. The van der Waals surface area contributed by atoms with Crippen LogP contribution in [-0.4, -0.2) is 28.5 Å². The second kappa shape index (κ2) is 7.72. The van der Waals surface area contributed by atoms with Gasteiger partial charge in [-0.05, 0) is 35.9 Å².